The van der Waals surface area contributed by atoms with E-state index in [2.05, 4.69) is 15.6 Å². The third-order valence-corrected chi connectivity index (χ3v) is 2.65. The first kappa shape index (κ1) is 14.8. The van der Waals surface area contributed by atoms with Crippen LogP contribution in [0.15, 0.2) is 48.8 Å². The van der Waals surface area contributed by atoms with E-state index in [9.17, 15) is 9.18 Å². The van der Waals surface area contributed by atoms with Crippen molar-refractivity contribution in [3.05, 3.63) is 54.6 Å². The predicted molar refractivity (Wildman–Crippen MR) is 77.7 cm³/mol. The smallest absolute Gasteiger partial charge is 0.319 e. The molecule has 0 saturated carbocycles. The molecule has 0 saturated heterocycles. The van der Waals surface area contributed by atoms with Crippen LogP contribution < -0.4 is 15.4 Å². The molecule has 110 valence electrons. The van der Waals surface area contributed by atoms with Crippen LogP contribution in [0, 0.1) is 5.82 Å². The number of aromatic nitrogens is 1. The van der Waals surface area contributed by atoms with Gasteiger partial charge in [0.2, 0.25) is 0 Å². The molecule has 2 amide bonds. The van der Waals surface area contributed by atoms with Gasteiger partial charge in [0.1, 0.15) is 11.9 Å². The first-order valence-electron chi connectivity index (χ1n) is 6.51. The number of benzene rings is 1. The van der Waals surface area contributed by atoms with Crippen molar-refractivity contribution in [1.82, 2.24) is 10.3 Å². The van der Waals surface area contributed by atoms with E-state index in [0.29, 0.717) is 6.54 Å². The number of pyridine rings is 1. The molecule has 1 aromatic carbocycles. The van der Waals surface area contributed by atoms with E-state index in [1.807, 2.05) is 37.3 Å². The Hall–Kier alpha value is -2.63. The van der Waals surface area contributed by atoms with E-state index in [1.165, 1.54) is 12.3 Å². The Kier molecular flexibility index (Phi) is 5.09. The molecule has 2 aromatic rings. The van der Waals surface area contributed by atoms with Crippen LogP contribution in [0.4, 0.5) is 14.9 Å². The maximum atomic E-state index is 13.3. The van der Waals surface area contributed by atoms with E-state index in [1.54, 1.807) is 0 Å². The van der Waals surface area contributed by atoms with Crippen LogP contribution in [0.3, 0.4) is 0 Å². The lowest BCUT2D eigenvalue weighted by atomic mass is 10.3. The zero-order chi connectivity index (χ0) is 15.1. The van der Waals surface area contributed by atoms with Crippen LogP contribution in [0.1, 0.15) is 6.92 Å². The fraction of sp³-hybridized carbons (Fsp3) is 0.200. The number of rotatable bonds is 5. The molecule has 0 aliphatic rings. The molecule has 2 N–H and O–H groups in total. The molecule has 0 radical (unpaired) electrons. The number of anilines is 1. The third-order valence-electron chi connectivity index (χ3n) is 2.65. The normalized spacial score (nSPS) is 11.5. The second kappa shape index (κ2) is 7.23. The minimum Gasteiger partial charge on any atom is -0.489 e. The highest BCUT2D eigenvalue weighted by atomic mass is 19.1. The molecule has 0 bridgehead atoms. The van der Waals surface area contributed by atoms with Crippen molar-refractivity contribution < 1.29 is 13.9 Å². The van der Waals surface area contributed by atoms with Gasteiger partial charge < -0.3 is 15.4 Å². The average molecular weight is 289 g/mol. The summed E-state index contributed by atoms with van der Waals surface area (Å²) < 4.78 is 18.9. The van der Waals surface area contributed by atoms with Gasteiger partial charge in [0.05, 0.1) is 18.4 Å². The molecule has 0 fully saturated rings. The number of carbonyl (C=O) groups is 1. The number of halogens is 1. The molecule has 0 unspecified atom stereocenters. The summed E-state index contributed by atoms with van der Waals surface area (Å²) in [5, 5.41) is 5.03. The van der Waals surface area contributed by atoms with Gasteiger partial charge in [-0.25, -0.2) is 9.18 Å². The van der Waals surface area contributed by atoms with Gasteiger partial charge in [-0.2, -0.15) is 0 Å². The lowest BCUT2D eigenvalue weighted by molar-refractivity contribution is 0.212. The number of hydrogen-bond acceptors (Lipinski definition) is 3. The molecule has 2 rings (SSSR count). The van der Waals surface area contributed by atoms with Gasteiger partial charge in [-0.1, -0.05) is 18.2 Å². The largest absolute Gasteiger partial charge is 0.489 e. The Bertz CT molecular complexity index is 592. The average Bonchev–Trinajstić information content (AvgIpc) is 2.49. The van der Waals surface area contributed by atoms with Crippen LogP contribution in [0.25, 0.3) is 0 Å². The second-order valence-corrected chi connectivity index (χ2v) is 4.43. The zero-order valence-electron chi connectivity index (χ0n) is 11.5. The summed E-state index contributed by atoms with van der Waals surface area (Å²) in [5.41, 5.74) is 0.0825. The fourth-order valence-corrected chi connectivity index (χ4v) is 1.65. The Morgan fingerprint density at radius 1 is 1.33 bits per heavy atom. The molecule has 0 aliphatic carbocycles. The monoisotopic (exact) mass is 289 g/mol. The van der Waals surface area contributed by atoms with Crippen molar-refractivity contribution in [2.24, 2.45) is 0 Å². The van der Waals surface area contributed by atoms with Crippen LogP contribution in [0.2, 0.25) is 0 Å². The van der Waals surface area contributed by atoms with Gasteiger partial charge in [-0.15, -0.1) is 0 Å². The summed E-state index contributed by atoms with van der Waals surface area (Å²) in [6.07, 6.45) is 2.23. The highest BCUT2D eigenvalue weighted by Crippen LogP contribution is 2.11. The number of ether oxygens (including phenoxy) is 1. The number of nitrogens with one attached hydrogen (secondary N) is 2. The molecule has 1 aromatic heterocycles. The molecule has 21 heavy (non-hydrogen) atoms. The van der Waals surface area contributed by atoms with E-state index in [0.717, 1.165) is 11.9 Å². The molecule has 1 heterocycles. The number of amides is 2. The summed E-state index contributed by atoms with van der Waals surface area (Å²) in [7, 11) is 0. The lowest BCUT2D eigenvalue weighted by Crippen LogP contribution is -2.36. The lowest BCUT2D eigenvalue weighted by Gasteiger charge is -2.15. The molecule has 0 spiro atoms. The van der Waals surface area contributed by atoms with E-state index in [-0.39, 0.29) is 11.8 Å². The standard InChI is InChI=1S/C15H16FN3O2/c1-11(21-12-5-3-2-4-6-12)9-18-15(20)19-14-7-8-17-10-13(14)16/h2-8,10-11H,9H2,1H3,(H2,17,18,19,20)/t11-/m0/s1. The molecule has 0 aliphatic heterocycles. The first-order chi connectivity index (χ1) is 10.1. The molecule has 1 atom stereocenters. The highest BCUT2D eigenvalue weighted by molar-refractivity contribution is 5.89. The van der Waals surface area contributed by atoms with E-state index in [4.69, 9.17) is 4.74 Å². The van der Waals surface area contributed by atoms with Crippen molar-refractivity contribution in [3.8, 4) is 5.75 Å². The summed E-state index contributed by atoms with van der Waals surface area (Å²) in [6.45, 7) is 2.13. The van der Waals surface area contributed by atoms with Crippen molar-refractivity contribution in [2.75, 3.05) is 11.9 Å². The fourth-order valence-electron chi connectivity index (χ4n) is 1.65. The van der Waals surface area contributed by atoms with Gasteiger partial charge in [0, 0.05) is 6.20 Å². The summed E-state index contributed by atoms with van der Waals surface area (Å²) in [4.78, 5) is 15.3. The zero-order valence-corrected chi connectivity index (χ0v) is 11.5. The van der Waals surface area contributed by atoms with Gasteiger partial charge in [0.15, 0.2) is 5.82 Å². The number of hydrogen-bond donors (Lipinski definition) is 2. The van der Waals surface area contributed by atoms with Gasteiger partial charge in [-0.3, -0.25) is 4.98 Å². The van der Waals surface area contributed by atoms with Crippen LogP contribution in [-0.2, 0) is 0 Å². The van der Waals surface area contributed by atoms with E-state index < -0.39 is 11.8 Å². The SMILES string of the molecule is C[C@@H](CNC(=O)Nc1ccncc1F)Oc1ccccc1. The van der Waals surface area contributed by atoms with Crippen molar-refractivity contribution in [1.29, 1.82) is 0 Å². The number of para-hydroxylation sites is 1. The third kappa shape index (κ3) is 4.76. The summed E-state index contributed by atoms with van der Waals surface area (Å²) in [5.74, 6) is 0.147. The topological polar surface area (TPSA) is 63.2 Å². The Labute approximate surface area is 122 Å². The van der Waals surface area contributed by atoms with Crippen LogP contribution >= 0.6 is 0 Å². The maximum absolute atomic E-state index is 13.3. The highest BCUT2D eigenvalue weighted by Gasteiger charge is 2.09. The van der Waals surface area contributed by atoms with Crippen molar-refractivity contribution in [3.63, 3.8) is 0 Å². The van der Waals surface area contributed by atoms with Gasteiger partial charge >= 0.3 is 6.03 Å². The van der Waals surface area contributed by atoms with E-state index >= 15 is 0 Å². The van der Waals surface area contributed by atoms with Gasteiger partial charge in [0.25, 0.3) is 0 Å². The predicted octanol–water partition coefficient (Wildman–Crippen LogP) is 2.81. The molecular formula is C15H16FN3O2. The number of urea groups is 1. The van der Waals surface area contributed by atoms with Crippen molar-refractivity contribution >= 4 is 11.7 Å². The summed E-state index contributed by atoms with van der Waals surface area (Å²) >= 11 is 0. The van der Waals surface area contributed by atoms with Crippen LogP contribution in [0.5, 0.6) is 5.75 Å². The van der Waals surface area contributed by atoms with Crippen molar-refractivity contribution in [2.45, 2.75) is 13.0 Å². The molecule has 6 heteroatoms. The maximum Gasteiger partial charge on any atom is 0.319 e. The number of nitrogens with zero attached hydrogens (tertiary/aromatic N) is 1. The first-order valence-corrected chi connectivity index (χ1v) is 6.51. The molecular weight excluding hydrogens is 273 g/mol. The quantitative estimate of drug-likeness (QED) is 0.889. The minimum absolute atomic E-state index is 0.0825. The Morgan fingerprint density at radius 3 is 2.81 bits per heavy atom. The Morgan fingerprint density at radius 2 is 2.10 bits per heavy atom. The second-order valence-electron chi connectivity index (χ2n) is 4.43. The van der Waals surface area contributed by atoms with Gasteiger partial charge in [-0.05, 0) is 25.1 Å². The minimum atomic E-state index is -0.582. The Balaban J connectivity index is 1.77. The molecule has 5 nitrogen and oxygen atoms in total. The number of carbonyl (C=O) groups excluding carboxylic acids is 1. The van der Waals surface area contributed by atoms with Crippen LogP contribution in [-0.4, -0.2) is 23.7 Å². The summed E-state index contributed by atoms with van der Waals surface area (Å²) in [6, 6.07) is 10.2.